The highest BCUT2D eigenvalue weighted by atomic mass is 32.2. The first kappa shape index (κ1) is 16.3. The zero-order valence-electron chi connectivity index (χ0n) is 14.6. The SMILES string of the molecule is COc1ccc([C@H]2c3ccccc3S[C@@H](c3ccccc3)[C@@H]2C)cc1. The summed E-state index contributed by atoms with van der Waals surface area (Å²) in [6.07, 6.45) is 0. The molecule has 1 aliphatic rings. The van der Waals surface area contributed by atoms with Gasteiger partial charge in [-0.1, -0.05) is 67.6 Å². The first-order valence-corrected chi connectivity index (χ1v) is 9.60. The standard InChI is InChI=1S/C23H22OS/c1-16-22(17-12-14-19(24-2)15-13-17)20-10-6-7-11-21(20)25-23(16)18-8-4-3-5-9-18/h3-16,22-23H,1-2H3/t16-,22+,23-/m1/s1. The summed E-state index contributed by atoms with van der Waals surface area (Å²) in [4.78, 5) is 1.40. The summed E-state index contributed by atoms with van der Waals surface area (Å²) in [5.74, 6) is 1.82. The molecule has 0 bridgehead atoms. The fourth-order valence-electron chi connectivity index (χ4n) is 3.86. The van der Waals surface area contributed by atoms with Crippen LogP contribution in [-0.2, 0) is 0 Å². The average Bonchev–Trinajstić information content (AvgIpc) is 2.68. The average molecular weight is 346 g/mol. The minimum absolute atomic E-state index is 0.397. The number of hydrogen-bond acceptors (Lipinski definition) is 2. The van der Waals surface area contributed by atoms with Crippen LogP contribution in [0.25, 0.3) is 0 Å². The molecule has 0 saturated heterocycles. The van der Waals surface area contributed by atoms with Crippen molar-refractivity contribution in [3.63, 3.8) is 0 Å². The van der Waals surface area contributed by atoms with Crippen molar-refractivity contribution in [2.45, 2.75) is 23.0 Å². The van der Waals surface area contributed by atoms with Crippen molar-refractivity contribution in [2.24, 2.45) is 5.92 Å². The van der Waals surface area contributed by atoms with Gasteiger partial charge in [0.25, 0.3) is 0 Å². The van der Waals surface area contributed by atoms with Gasteiger partial charge in [-0.05, 0) is 40.8 Å². The van der Waals surface area contributed by atoms with Crippen molar-refractivity contribution >= 4 is 11.8 Å². The Balaban J connectivity index is 1.80. The molecule has 0 spiro atoms. The van der Waals surface area contributed by atoms with Crippen molar-refractivity contribution in [1.82, 2.24) is 0 Å². The molecule has 0 N–H and O–H groups in total. The predicted octanol–water partition coefficient (Wildman–Crippen LogP) is 6.31. The van der Waals surface area contributed by atoms with Crippen molar-refractivity contribution in [3.8, 4) is 5.75 Å². The fourth-order valence-corrected chi connectivity index (χ4v) is 5.28. The van der Waals surface area contributed by atoms with Crippen LogP contribution < -0.4 is 4.74 Å². The Kier molecular flexibility index (Phi) is 4.54. The van der Waals surface area contributed by atoms with Gasteiger partial charge in [-0.3, -0.25) is 0 Å². The predicted molar refractivity (Wildman–Crippen MR) is 105 cm³/mol. The summed E-state index contributed by atoms with van der Waals surface area (Å²) < 4.78 is 5.34. The second-order valence-electron chi connectivity index (χ2n) is 6.60. The second kappa shape index (κ2) is 6.97. The summed E-state index contributed by atoms with van der Waals surface area (Å²) in [5.41, 5.74) is 4.22. The van der Waals surface area contributed by atoms with Gasteiger partial charge in [0.1, 0.15) is 5.75 Å². The summed E-state index contributed by atoms with van der Waals surface area (Å²) in [6.45, 7) is 2.38. The highest BCUT2D eigenvalue weighted by Gasteiger charge is 2.36. The Morgan fingerprint density at radius 1 is 0.760 bits per heavy atom. The van der Waals surface area contributed by atoms with Crippen LogP contribution in [0.4, 0.5) is 0 Å². The lowest BCUT2D eigenvalue weighted by Crippen LogP contribution is -2.22. The molecule has 0 aromatic heterocycles. The third kappa shape index (κ3) is 3.07. The van der Waals surface area contributed by atoms with Gasteiger partial charge in [0.05, 0.1) is 7.11 Å². The van der Waals surface area contributed by atoms with Crippen LogP contribution in [0.3, 0.4) is 0 Å². The molecule has 3 aromatic carbocycles. The van der Waals surface area contributed by atoms with Crippen LogP contribution in [0.1, 0.15) is 34.8 Å². The normalized spacial score (nSPS) is 22.2. The maximum Gasteiger partial charge on any atom is 0.118 e. The van der Waals surface area contributed by atoms with E-state index in [-0.39, 0.29) is 0 Å². The van der Waals surface area contributed by atoms with Crippen LogP contribution in [-0.4, -0.2) is 7.11 Å². The van der Waals surface area contributed by atoms with E-state index in [0.29, 0.717) is 17.1 Å². The van der Waals surface area contributed by atoms with Crippen LogP contribution in [0.15, 0.2) is 83.8 Å². The number of hydrogen-bond donors (Lipinski definition) is 0. The van der Waals surface area contributed by atoms with E-state index in [1.165, 1.54) is 21.6 Å². The topological polar surface area (TPSA) is 9.23 Å². The summed E-state index contributed by atoms with van der Waals surface area (Å²) in [5, 5.41) is 0.461. The van der Waals surface area contributed by atoms with Gasteiger partial charge in [0.15, 0.2) is 0 Å². The molecule has 4 rings (SSSR count). The van der Waals surface area contributed by atoms with Crippen molar-refractivity contribution < 1.29 is 4.74 Å². The Morgan fingerprint density at radius 2 is 1.44 bits per heavy atom. The van der Waals surface area contributed by atoms with Gasteiger partial charge in [0.2, 0.25) is 0 Å². The minimum atomic E-state index is 0.397. The first-order chi connectivity index (χ1) is 12.3. The highest BCUT2D eigenvalue weighted by Crippen LogP contribution is 2.54. The molecule has 25 heavy (non-hydrogen) atoms. The van der Waals surface area contributed by atoms with E-state index >= 15 is 0 Å². The van der Waals surface area contributed by atoms with Crippen LogP contribution >= 0.6 is 11.8 Å². The Hall–Kier alpha value is -2.19. The van der Waals surface area contributed by atoms with E-state index in [1.807, 2.05) is 11.8 Å². The first-order valence-electron chi connectivity index (χ1n) is 8.72. The zero-order chi connectivity index (χ0) is 17.2. The highest BCUT2D eigenvalue weighted by molar-refractivity contribution is 7.99. The molecule has 0 fully saturated rings. The number of ether oxygens (including phenoxy) is 1. The Labute approximate surface area is 154 Å². The molecule has 126 valence electrons. The number of methoxy groups -OCH3 is 1. The molecule has 1 nitrogen and oxygen atoms in total. The van der Waals surface area contributed by atoms with Crippen LogP contribution in [0.5, 0.6) is 5.75 Å². The molecule has 0 unspecified atom stereocenters. The van der Waals surface area contributed by atoms with Crippen molar-refractivity contribution in [2.75, 3.05) is 7.11 Å². The lowest BCUT2D eigenvalue weighted by Gasteiger charge is -2.38. The quantitative estimate of drug-likeness (QED) is 0.549. The molecule has 1 heterocycles. The van der Waals surface area contributed by atoms with Gasteiger partial charge in [-0.2, -0.15) is 0 Å². The molecular weight excluding hydrogens is 324 g/mol. The maximum atomic E-state index is 5.34. The fraction of sp³-hybridized carbons (Fsp3) is 0.217. The molecule has 3 atom stereocenters. The molecule has 0 amide bonds. The van der Waals surface area contributed by atoms with E-state index < -0.39 is 0 Å². The lowest BCUT2D eigenvalue weighted by molar-refractivity contribution is 0.414. The number of benzene rings is 3. The number of fused-ring (bicyclic) bond motifs is 1. The smallest absolute Gasteiger partial charge is 0.118 e. The summed E-state index contributed by atoms with van der Waals surface area (Å²) >= 11 is 2.00. The molecule has 0 radical (unpaired) electrons. The molecule has 0 aliphatic carbocycles. The Morgan fingerprint density at radius 3 is 2.16 bits per heavy atom. The molecule has 3 aromatic rings. The lowest BCUT2D eigenvalue weighted by atomic mass is 9.78. The summed E-state index contributed by atoms with van der Waals surface area (Å²) in [6, 6.07) is 28.3. The monoisotopic (exact) mass is 346 g/mol. The third-order valence-corrected chi connectivity index (χ3v) is 6.70. The second-order valence-corrected chi connectivity index (χ2v) is 7.78. The van der Waals surface area contributed by atoms with Crippen molar-refractivity contribution in [3.05, 3.63) is 95.6 Å². The van der Waals surface area contributed by atoms with Crippen molar-refractivity contribution in [1.29, 1.82) is 0 Å². The largest absolute Gasteiger partial charge is 0.497 e. The maximum absolute atomic E-state index is 5.34. The molecular formula is C23H22OS. The third-order valence-electron chi connectivity index (χ3n) is 5.11. The van der Waals surface area contributed by atoms with Gasteiger partial charge in [-0.25, -0.2) is 0 Å². The van der Waals surface area contributed by atoms with E-state index in [2.05, 4.69) is 85.8 Å². The molecule has 0 saturated carbocycles. The van der Waals surface area contributed by atoms with E-state index in [4.69, 9.17) is 4.74 Å². The van der Waals surface area contributed by atoms with Gasteiger partial charge >= 0.3 is 0 Å². The molecule has 1 aliphatic heterocycles. The molecule has 2 heteroatoms. The Bertz CT molecular complexity index is 841. The van der Waals surface area contributed by atoms with Gasteiger partial charge in [0, 0.05) is 16.1 Å². The van der Waals surface area contributed by atoms with Crippen LogP contribution in [0, 0.1) is 5.92 Å². The number of thioether (sulfide) groups is 1. The number of rotatable bonds is 3. The van der Waals surface area contributed by atoms with E-state index in [0.717, 1.165) is 5.75 Å². The van der Waals surface area contributed by atoms with Gasteiger partial charge in [-0.15, -0.1) is 11.8 Å². The minimum Gasteiger partial charge on any atom is -0.497 e. The van der Waals surface area contributed by atoms with Crippen LogP contribution in [0.2, 0.25) is 0 Å². The van der Waals surface area contributed by atoms with E-state index in [1.54, 1.807) is 7.11 Å². The van der Waals surface area contributed by atoms with E-state index in [9.17, 15) is 0 Å². The zero-order valence-corrected chi connectivity index (χ0v) is 15.4. The summed E-state index contributed by atoms with van der Waals surface area (Å²) in [7, 11) is 1.72. The van der Waals surface area contributed by atoms with Gasteiger partial charge < -0.3 is 4.74 Å².